The number of hydrogen-bond acceptors (Lipinski definition) is 6. The molecular formula is C28H25N3O3. The molecule has 4 rings (SSSR count). The van der Waals surface area contributed by atoms with Crippen molar-refractivity contribution in [3.8, 4) is 45.6 Å². The van der Waals surface area contributed by atoms with E-state index in [1.54, 1.807) is 14.2 Å². The van der Waals surface area contributed by atoms with E-state index in [1.165, 1.54) is 0 Å². The number of nitrogens with two attached hydrogens (primary N) is 1. The summed E-state index contributed by atoms with van der Waals surface area (Å²) < 4.78 is 16.9. The lowest BCUT2D eigenvalue weighted by atomic mass is 9.90. The monoisotopic (exact) mass is 451 g/mol. The van der Waals surface area contributed by atoms with E-state index in [9.17, 15) is 5.26 Å². The first kappa shape index (κ1) is 22.7. The number of ether oxygens (including phenoxy) is 3. The van der Waals surface area contributed by atoms with Crippen molar-refractivity contribution < 1.29 is 14.2 Å². The van der Waals surface area contributed by atoms with Gasteiger partial charge in [-0.3, -0.25) is 0 Å². The van der Waals surface area contributed by atoms with E-state index in [0.29, 0.717) is 23.7 Å². The van der Waals surface area contributed by atoms with Crippen molar-refractivity contribution in [3.05, 3.63) is 89.6 Å². The van der Waals surface area contributed by atoms with E-state index in [-0.39, 0.29) is 5.82 Å². The van der Waals surface area contributed by atoms with Crippen LogP contribution >= 0.6 is 0 Å². The highest BCUT2D eigenvalue weighted by atomic mass is 16.5. The van der Waals surface area contributed by atoms with Crippen molar-refractivity contribution >= 4 is 5.82 Å². The lowest BCUT2D eigenvalue weighted by Gasteiger charge is -2.18. The molecule has 0 aliphatic heterocycles. The predicted octanol–water partition coefficient (Wildman–Crippen LogP) is 5.77. The highest BCUT2D eigenvalue weighted by molar-refractivity contribution is 5.91. The fourth-order valence-electron chi connectivity index (χ4n) is 3.91. The second-order valence-electron chi connectivity index (χ2n) is 7.69. The number of anilines is 1. The molecule has 6 nitrogen and oxygen atoms in total. The molecule has 4 aromatic rings. The molecule has 1 aromatic heterocycles. The van der Waals surface area contributed by atoms with Crippen LogP contribution in [-0.4, -0.2) is 19.2 Å². The van der Waals surface area contributed by atoms with E-state index < -0.39 is 0 Å². The molecular weight excluding hydrogens is 426 g/mol. The van der Waals surface area contributed by atoms with Crippen LogP contribution in [0.3, 0.4) is 0 Å². The highest BCUT2D eigenvalue weighted by Crippen LogP contribution is 2.41. The van der Waals surface area contributed by atoms with Crippen LogP contribution in [0.15, 0.2) is 72.8 Å². The summed E-state index contributed by atoms with van der Waals surface area (Å²) in [4.78, 5) is 4.43. The molecule has 0 fully saturated rings. The van der Waals surface area contributed by atoms with Crippen molar-refractivity contribution in [3.63, 3.8) is 0 Å². The minimum absolute atomic E-state index is 0.202. The Balaban J connectivity index is 1.76. The summed E-state index contributed by atoms with van der Waals surface area (Å²) in [5, 5.41) is 9.92. The van der Waals surface area contributed by atoms with Crippen molar-refractivity contribution in [1.82, 2.24) is 4.98 Å². The number of pyridine rings is 1. The van der Waals surface area contributed by atoms with Crippen molar-refractivity contribution in [2.75, 3.05) is 20.0 Å². The van der Waals surface area contributed by atoms with E-state index >= 15 is 0 Å². The lowest BCUT2D eigenvalue weighted by molar-refractivity contribution is 0.284. The van der Waals surface area contributed by atoms with Crippen LogP contribution < -0.4 is 19.9 Å². The Morgan fingerprint density at radius 3 is 2.24 bits per heavy atom. The van der Waals surface area contributed by atoms with Crippen LogP contribution in [-0.2, 0) is 6.61 Å². The van der Waals surface area contributed by atoms with Crippen molar-refractivity contribution in [2.45, 2.75) is 13.5 Å². The number of methoxy groups -OCH3 is 2. The second kappa shape index (κ2) is 9.97. The third-order valence-electron chi connectivity index (χ3n) is 5.59. The van der Waals surface area contributed by atoms with Gasteiger partial charge in [0.1, 0.15) is 29.8 Å². The lowest BCUT2D eigenvalue weighted by Crippen LogP contribution is -2.04. The SMILES string of the molecule is COc1ccc(COc2ccc(-c3c(C#N)c(N)nc(C)c3-c3ccccc3)cc2OC)cc1. The Morgan fingerprint density at radius 1 is 0.853 bits per heavy atom. The molecule has 0 saturated heterocycles. The predicted molar refractivity (Wildman–Crippen MR) is 133 cm³/mol. The molecule has 0 atom stereocenters. The topological polar surface area (TPSA) is 90.4 Å². The maximum absolute atomic E-state index is 9.92. The maximum atomic E-state index is 9.92. The van der Waals surface area contributed by atoms with Crippen LogP contribution in [0.4, 0.5) is 5.82 Å². The van der Waals surface area contributed by atoms with Gasteiger partial charge in [0.15, 0.2) is 11.5 Å². The average molecular weight is 452 g/mol. The summed E-state index contributed by atoms with van der Waals surface area (Å²) in [6.45, 7) is 2.27. The van der Waals surface area contributed by atoms with Gasteiger partial charge in [-0.1, -0.05) is 48.5 Å². The maximum Gasteiger partial charge on any atom is 0.161 e. The fraction of sp³-hybridized carbons (Fsp3) is 0.143. The molecule has 0 spiro atoms. The highest BCUT2D eigenvalue weighted by Gasteiger charge is 2.20. The number of aryl methyl sites for hydroxylation is 1. The molecule has 2 N–H and O–H groups in total. The molecule has 6 heteroatoms. The smallest absolute Gasteiger partial charge is 0.161 e. The zero-order chi connectivity index (χ0) is 24.1. The minimum Gasteiger partial charge on any atom is -0.497 e. The van der Waals surface area contributed by atoms with Crippen LogP contribution in [0.1, 0.15) is 16.8 Å². The van der Waals surface area contributed by atoms with Gasteiger partial charge >= 0.3 is 0 Å². The molecule has 0 amide bonds. The number of aromatic nitrogens is 1. The van der Waals surface area contributed by atoms with Gasteiger partial charge < -0.3 is 19.9 Å². The van der Waals surface area contributed by atoms with E-state index in [2.05, 4.69) is 11.1 Å². The van der Waals surface area contributed by atoms with Gasteiger partial charge in [-0.2, -0.15) is 5.26 Å². The van der Waals surface area contributed by atoms with E-state index in [1.807, 2.05) is 79.7 Å². The third-order valence-corrected chi connectivity index (χ3v) is 5.59. The summed E-state index contributed by atoms with van der Waals surface area (Å²) in [5.41, 5.74) is 11.6. The van der Waals surface area contributed by atoms with Crippen molar-refractivity contribution in [2.24, 2.45) is 0 Å². The second-order valence-corrected chi connectivity index (χ2v) is 7.69. The van der Waals surface area contributed by atoms with Gasteiger partial charge in [0.05, 0.1) is 14.2 Å². The Hall–Kier alpha value is -4.50. The molecule has 0 aliphatic carbocycles. The van der Waals surface area contributed by atoms with Crippen molar-refractivity contribution in [1.29, 1.82) is 5.26 Å². The van der Waals surface area contributed by atoms with Crippen LogP contribution in [0.25, 0.3) is 22.3 Å². The molecule has 1 heterocycles. The van der Waals surface area contributed by atoms with Crippen LogP contribution in [0.5, 0.6) is 17.2 Å². The van der Waals surface area contributed by atoms with E-state index in [4.69, 9.17) is 19.9 Å². The van der Waals surface area contributed by atoms with Gasteiger partial charge in [-0.05, 0) is 47.9 Å². The van der Waals surface area contributed by atoms with Gasteiger partial charge in [0.25, 0.3) is 0 Å². The molecule has 0 bridgehead atoms. The van der Waals surface area contributed by atoms with E-state index in [0.717, 1.165) is 39.3 Å². The summed E-state index contributed by atoms with van der Waals surface area (Å²) in [6, 6.07) is 25.4. The number of nitrogen functional groups attached to an aromatic ring is 1. The number of hydrogen-bond donors (Lipinski definition) is 1. The molecule has 0 saturated carbocycles. The molecule has 0 unspecified atom stereocenters. The zero-order valence-corrected chi connectivity index (χ0v) is 19.3. The minimum atomic E-state index is 0.202. The summed E-state index contributed by atoms with van der Waals surface area (Å²) in [5.74, 6) is 2.15. The molecule has 3 aromatic carbocycles. The first-order chi connectivity index (χ1) is 16.5. The van der Waals surface area contributed by atoms with Crippen LogP contribution in [0, 0.1) is 18.3 Å². The normalized spacial score (nSPS) is 10.4. The summed E-state index contributed by atoms with van der Waals surface area (Å²) >= 11 is 0. The average Bonchev–Trinajstić information content (AvgIpc) is 2.87. The molecule has 0 radical (unpaired) electrons. The number of benzene rings is 3. The molecule has 0 aliphatic rings. The summed E-state index contributed by atoms with van der Waals surface area (Å²) in [6.07, 6.45) is 0. The van der Waals surface area contributed by atoms with Gasteiger partial charge in [-0.15, -0.1) is 0 Å². The Kier molecular flexibility index (Phi) is 6.65. The largest absolute Gasteiger partial charge is 0.497 e. The molecule has 170 valence electrons. The molecule has 34 heavy (non-hydrogen) atoms. The first-order valence-corrected chi connectivity index (χ1v) is 10.8. The standard InChI is InChI=1S/C28H25N3O3/c1-18-26(20-7-5-4-6-8-20)27(23(16-29)28(30)31-18)21-11-14-24(25(15-21)33-3)34-17-19-9-12-22(32-2)13-10-19/h4-15H,17H2,1-3H3,(H2,30,31). The fourth-order valence-corrected chi connectivity index (χ4v) is 3.91. The first-order valence-electron chi connectivity index (χ1n) is 10.8. The van der Waals surface area contributed by atoms with Gasteiger partial charge in [0, 0.05) is 16.8 Å². The Labute approximate surface area is 199 Å². The number of nitrogens with zero attached hydrogens (tertiary/aromatic N) is 2. The quantitative estimate of drug-likeness (QED) is 0.383. The number of rotatable bonds is 7. The summed E-state index contributed by atoms with van der Waals surface area (Å²) in [7, 11) is 3.23. The Bertz CT molecular complexity index is 1340. The third kappa shape index (κ3) is 4.50. The van der Waals surface area contributed by atoms with Crippen LogP contribution in [0.2, 0.25) is 0 Å². The van der Waals surface area contributed by atoms with Gasteiger partial charge in [-0.25, -0.2) is 4.98 Å². The zero-order valence-electron chi connectivity index (χ0n) is 19.3. The number of nitriles is 1. The Morgan fingerprint density at radius 2 is 1.59 bits per heavy atom. The van der Waals surface area contributed by atoms with Gasteiger partial charge in [0.2, 0.25) is 0 Å².